The first-order valence-corrected chi connectivity index (χ1v) is 4.74. The van der Waals surface area contributed by atoms with Crippen LogP contribution in [0.1, 0.15) is 5.56 Å². The van der Waals surface area contributed by atoms with Crippen molar-refractivity contribution in [1.29, 1.82) is 0 Å². The maximum absolute atomic E-state index is 11.1. The van der Waals surface area contributed by atoms with Gasteiger partial charge in [-0.2, -0.15) is 5.10 Å². The fraction of sp³-hybridized carbons (Fsp3) is 0.100. The number of carbonyl (C=O) groups is 2. The smallest absolute Gasteiger partial charge is 0.344 e. The Kier molecular flexibility index (Phi) is 2.65. The Hall–Kier alpha value is -2.57. The predicted molar refractivity (Wildman–Crippen MR) is 57.6 cm³/mol. The van der Waals surface area contributed by atoms with E-state index in [2.05, 4.69) is 10.4 Å². The van der Waals surface area contributed by atoms with E-state index in [0.717, 1.165) is 5.01 Å². The highest BCUT2D eigenvalue weighted by Crippen LogP contribution is 2.26. The summed E-state index contributed by atoms with van der Waals surface area (Å²) in [6, 6.07) is 3.73. The summed E-state index contributed by atoms with van der Waals surface area (Å²) >= 11 is 0. The minimum Gasteiger partial charge on any atom is -0.504 e. The Labute approximate surface area is 96.0 Å². The topological polar surface area (TPSA) is 102 Å². The molecule has 0 atom stereocenters. The number of para-hydroxylation sites is 1. The average Bonchev–Trinajstić information content (AvgIpc) is 2.60. The molecule has 1 aliphatic heterocycles. The molecule has 1 aromatic carbocycles. The van der Waals surface area contributed by atoms with Gasteiger partial charge in [0.2, 0.25) is 5.91 Å². The third-order valence-electron chi connectivity index (χ3n) is 2.16. The maximum Gasteiger partial charge on any atom is 0.344 e. The molecule has 1 saturated heterocycles. The molecule has 2 rings (SSSR count). The lowest BCUT2D eigenvalue weighted by Crippen LogP contribution is -2.24. The van der Waals surface area contributed by atoms with E-state index in [-0.39, 0.29) is 23.6 Å². The Bertz CT molecular complexity index is 512. The summed E-state index contributed by atoms with van der Waals surface area (Å²) in [6.07, 6.45) is 1.19. The van der Waals surface area contributed by atoms with Crippen LogP contribution in [0.5, 0.6) is 11.5 Å². The summed E-state index contributed by atoms with van der Waals surface area (Å²) in [4.78, 5) is 22.0. The second-order valence-electron chi connectivity index (χ2n) is 3.37. The van der Waals surface area contributed by atoms with Crippen molar-refractivity contribution in [3.05, 3.63) is 23.8 Å². The second kappa shape index (κ2) is 4.12. The molecule has 0 aromatic heterocycles. The quantitative estimate of drug-likeness (QED) is 0.381. The van der Waals surface area contributed by atoms with E-state index in [1.165, 1.54) is 24.4 Å². The number of phenolic OH excluding ortho intramolecular Hbond substituents is 2. The minimum absolute atomic E-state index is 0.158. The van der Waals surface area contributed by atoms with Crippen LogP contribution < -0.4 is 5.32 Å². The van der Waals surface area contributed by atoms with Crippen LogP contribution in [0.2, 0.25) is 0 Å². The first kappa shape index (κ1) is 10.9. The number of nitrogens with one attached hydrogen (secondary N) is 1. The van der Waals surface area contributed by atoms with Crippen molar-refractivity contribution in [2.75, 3.05) is 6.54 Å². The van der Waals surface area contributed by atoms with Crippen molar-refractivity contribution < 1.29 is 19.8 Å². The van der Waals surface area contributed by atoms with Crippen molar-refractivity contribution in [2.24, 2.45) is 5.10 Å². The Morgan fingerprint density at radius 3 is 2.76 bits per heavy atom. The molecular weight excluding hydrogens is 226 g/mol. The van der Waals surface area contributed by atoms with Gasteiger partial charge in [0.05, 0.1) is 6.21 Å². The number of aromatic hydroxyl groups is 2. The monoisotopic (exact) mass is 235 g/mol. The predicted octanol–water partition coefficient (Wildman–Crippen LogP) is -0.0165. The van der Waals surface area contributed by atoms with Gasteiger partial charge in [0.25, 0.3) is 0 Å². The van der Waals surface area contributed by atoms with Gasteiger partial charge in [-0.1, -0.05) is 6.07 Å². The van der Waals surface area contributed by atoms with Crippen LogP contribution in [0.25, 0.3) is 0 Å². The number of hydrogen-bond acceptors (Lipinski definition) is 5. The van der Waals surface area contributed by atoms with E-state index in [1.54, 1.807) is 0 Å². The summed E-state index contributed by atoms with van der Waals surface area (Å²) in [7, 11) is 0. The maximum atomic E-state index is 11.1. The molecule has 3 N–H and O–H groups in total. The van der Waals surface area contributed by atoms with Crippen LogP contribution in [0.15, 0.2) is 23.3 Å². The fourth-order valence-electron chi connectivity index (χ4n) is 1.31. The highest BCUT2D eigenvalue weighted by molar-refractivity contribution is 6.02. The lowest BCUT2D eigenvalue weighted by atomic mass is 10.2. The standard InChI is InChI=1S/C10H9N3O4/c14-7-3-1-2-6(9(7)16)4-11-13-5-8(15)12-10(13)17/h1-4,14,16H,5H2,(H,12,15,17)/b11-4+. The lowest BCUT2D eigenvalue weighted by molar-refractivity contribution is -0.118. The molecule has 3 amide bonds. The minimum atomic E-state index is -0.620. The largest absolute Gasteiger partial charge is 0.504 e. The second-order valence-corrected chi connectivity index (χ2v) is 3.37. The molecule has 0 saturated carbocycles. The SMILES string of the molecule is O=C1CN(/N=C/c2cccc(O)c2O)C(=O)N1. The number of imide groups is 1. The highest BCUT2D eigenvalue weighted by Gasteiger charge is 2.25. The number of hydrogen-bond donors (Lipinski definition) is 3. The zero-order valence-electron chi connectivity index (χ0n) is 8.62. The van der Waals surface area contributed by atoms with E-state index >= 15 is 0 Å². The van der Waals surface area contributed by atoms with Gasteiger partial charge in [-0.25, -0.2) is 9.80 Å². The fourth-order valence-corrected chi connectivity index (χ4v) is 1.31. The van der Waals surface area contributed by atoms with Crippen LogP contribution >= 0.6 is 0 Å². The molecule has 7 heteroatoms. The first-order valence-electron chi connectivity index (χ1n) is 4.74. The summed E-state index contributed by atoms with van der Waals surface area (Å²) in [5.41, 5.74) is 0.247. The third-order valence-corrected chi connectivity index (χ3v) is 2.16. The normalized spacial score (nSPS) is 15.6. The summed E-state index contributed by atoms with van der Waals surface area (Å²) in [5, 5.41) is 25.4. The van der Waals surface area contributed by atoms with Gasteiger partial charge in [0.15, 0.2) is 11.5 Å². The van der Waals surface area contributed by atoms with E-state index < -0.39 is 11.9 Å². The average molecular weight is 235 g/mol. The van der Waals surface area contributed by atoms with Crippen LogP contribution in [-0.4, -0.2) is 39.9 Å². The number of urea groups is 1. The number of nitrogens with zero attached hydrogens (tertiary/aromatic N) is 2. The number of benzene rings is 1. The van der Waals surface area contributed by atoms with Gasteiger partial charge < -0.3 is 10.2 Å². The molecule has 1 fully saturated rings. The molecular formula is C10H9N3O4. The Morgan fingerprint density at radius 2 is 2.12 bits per heavy atom. The van der Waals surface area contributed by atoms with Crippen LogP contribution in [0.3, 0.4) is 0 Å². The van der Waals surface area contributed by atoms with Crippen molar-refractivity contribution in [2.45, 2.75) is 0 Å². The molecule has 17 heavy (non-hydrogen) atoms. The van der Waals surface area contributed by atoms with Gasteiger partial charge >= 0.3 is 6.03 Å². The number of amides is 3. The zero-order valence-corrected chi connectivity index (χ0v) is 8.62. The molecule has 88 valence electrons. The highest BCUT2D eigenvalue weighted by atomic mass is 16.3. The van der Waals surface area contributed by atoms with E-state index in [0.29, 0.717) is 0 Å². The van der Waals surface area contributed by atoms with Crippen molar-refractivity contribution in [3.63, 3.8) is 0 Å². The molecule has 0 spiro atoms. The molecule has 7 nitrogen and oxygen atoms in total. The molecule has 0 bridgehead atoms. The first-order chi connectivity index (χ1) is 8.08. The molecule has 0 aliphatic carbocycles. The van der Waals surface area contributed by atoms with Crippen LogP contribution in [0, 0.1) is 0 Å². The van der Waals surface area contributed by atoms with Gasteiger partial charge in [-0.05, 0) is 12.1 Å². The Balaban J connectivity index is 2.18. The molecule has 0 radical (unpaired) electrons. The van der Waals surface area contributed by atoms with E-state index in [9.17, 15) is 19.8 Å². The number of carbonyl (C=O) groups excluding carboxylic acids is 2. The third kappa shape index (κ3) is 2.17. The van der Waals surface area contributed by atoms with Gasteiger partial charge in [-0.15, -0.1) is 0 Å². The van der Waals surface area contributed by atoms with E-state index in [4.69, 9.17) is 0 Å². The summed E-state index contributed by atoms with van der Waals surface area (Å²) in [6.45, 7) is -0.158. The summed E-state index contributed by atoms with van der Waals surface area (Å²) < 4.78 is 0. The number of rotatable bonds is 2. The van der Waals surface area contributed by atoms with E-state index in [1.807, 2.05) is 0 Å². The van der Waals surface area contributed by atoms with Crippen molar-refractivity contribution >= 4 is 18.2 Å². The summed E-state index contributed by atoms with van der Waals surface area (Å²) in [5.74, 6) is -1.05. The molecule has 1 aromatic rings. The molecule has 1 heterocycles. The van der Waals surface area contributed by atoms with Gasteiger partial charge in [0, 0.05) is 5.56 Å². The molecule has 1 aliphatic rings. The lowest BCUT2D eigenvalue weighted by Gasteiger charge is -2.05. The van der Waals surface area contributed by atoms with Crippen molar-refractivity contribution in [3.8, 4) is 11.5 Å². The zero-order chi connectivity index (χ0) is 12.4. The van der Waals surface area contributed by atoms with Crippen LogP contribution in [-0.2, 0) is 4.79 Å². The van der Waals surface area contributed by atoms with Crippen LogP contribution in [0.4, 0.5) is 4.79 Å². The number of hydrazone groups is 1. The molecule has 0 unspecified atom stereocenters. The van der Waals surface area contributed by atoms with Crippen molar-refractivity contribution in [1.82, 2.24) is 10.3 Å². The number of phenols is 2. The Morgan fingerprint density at radius 1 is 1.35 bits per heavy atom. The van der Waals surface area contributed by atoms with Gasteiger partial charge in [0.1, 0.15) is 6.54 Å². The van der Waals surface area contributed by atoms with Gasteiger partial charge in [-0.3, -0.25) is 10.1 Å².